The summed E-state index contributed by atoms with van der Waals surface area (Å²) in [5.41, 5.74) is 2.98. The van der Waals surface area contributed by atoms with E-state index in [9.17, 15) is 8.78 Å². The number of hydrogen-bond acceptors (Lipinski definition) is 9. The van der Waals surface area contributed by atoms with Gasteiger partial charge >= 0.3 is 0 Å². The largest absolute Gasteiger partial charge is 0.478 e. The van der Waals surface area contributed by atoms with Crippen molar-refractivity contribution in [2.75, 3.05) is 32.1 Å². The molecule has 1 aromatic carbocycles. The molecule has 0 bridgehead atoms. The lowest BCUT2D eigenvalue weighted by atomic mass is 10.0. The second-order valence-corrected chi connectivity index (χ2v) is 9.97. The quantitative estimate of drug-likeness (QED) is 0.258. The van der Waals surface area contributed by atoms with Crippen LogP contribution in [0.3, 0.4) is 0 Å². The highest BCUT2D eigenvalue weighted by atomic mass is 19.3. The Morgan fingerprint density at radius 2 is 2.00 bits per heavy atom. The molecular weight excluding hydrogens is 532 g/mol. The van der Waals surface area contributed by atoms with Crippen LogP contribution in [0.1, 0.15) is 18.9 Å². The van der Waals surface area contributed by atoms with Gasteiger partial charge in [0.05, 0.1) is 42.0 Å². The van der Waals surface area contributed by atoms with Crippen LogP contribution in [-0.4, -0.2) is 68.2 Å². The molecule has 0 radical (unpaired) electrons. The van der Waals surface area contributed by atoms with Gasteiger partial charge in [0, 0.05) is 24.8 Å². The molecule has 12 heteroatoms. The first-order valence-corrected chi connectivity index (χ1v) is 13.3. The van der Waals surface area contributed by atoms with Gasteiger partial charge in [0.25, 0.3) is 11.8 Å². The van der Waals surface area contributed by atoms with E-state index < -0.39 is 18.6 Å². The monoisotopic (exact) mass is 561 g/mol. The van der Waals surface area contributed by atoms with E-state index in [0.29, 0.717) is 40.5 Å². The maximum absolute atomic E-state index is 15.0. The minimum absolute atomic E-state index is 0.0902. The number of alkyl halides is 2. The van der Waals surface area contributed by atoms with E-state index in [2.05, 4.69) is 25.4 Å². The van der Waals surface area contributed by atoms with E-state index >= 15 is 0 Å². The van der Waals surface area contributed by atoms with Crippen LogP contribution in [0.4, 0.5) is 20.3 Å². The number of piperidine rings is 1. The summed E-state index contributed by atoms with van der Waals surface area (Å²) in [4.78, 5) is 14.6. The highest BCUT2D eigenvalue weighted by Crippen LogP contribution is 2.41. The summed E-state index contributed by atoms with van der Waals surface area (Å²) < 4.78 is 49.5. The molecule has 212 valence electrons. The molecule has 5 heterocycles. The molecule has 5 aromatic rings. The smallest absolute Gasteiger partial charge is 0.296 e. The van der Waals surface area contributed by atoms with Crippen molar-refractivity contribution >= 4 is 27.9 Å². The number of nitrogens with one attached hydrogen (secondary N) is 1. The van der Waals surface area contributed by atoms with Crippen molar-refractivity contribution in [2.24, 2.45) is 0 Å². The standard InChI is InChI=1S/C29H29F2N7O3/c1-4-39-28-26(41-24-10-12-37(3)16-29(24,30)31)25-22(14-32-28)33-17-34-27(25)36-19-5-8-23(18(2)13-19)40-21-7-6-20-9-11-35-38(20)15-21/h5-9,11,13-15,17,24H,4,10,12,16H2,1-3H3,(H,33,34,36)/t24-/m0/s1. The lowest BCUT2D eigenvalue weighted by Crippen LogP contribution is -2.52. The third-order valence-corrected chi connectivity index (χ3v) is 6.90. The molecule has 6 rings (SSSR count). The van der Waals surface area contributed by atoms with Crippen LogP contribution < -0.4 is 19.5 Å². The first kappa shape index (κ1) is 26.6. The van der Waals surface area contributed by atoms with Gasteiger partial charge in [-0.1, -0.05) is 0 Å². The van der Waals surface area contributed by atoms with Crippen LogP contribution >= 0.6 is 0 Å². The summed E-state index contributed by atoms with van der Waals surface area (Å²) in [5.74, 6) is -1.16. The van der Waals surface area contributed by atoms with Gasteiger partial charge in [0.15, 0.2) is 11.9 Å². The summed E-state index contributed by atoms with van der Waals surface area (Å²) >= 11 is 0. The zero-order chi connectivity index (χ0) is 28.6. The van der Waals surface area contributed by atoms with Crippen molar-refractivity contribution in [3.8, 4) is 23.1 Å². The number of fused-ring (bicyclic) bond motifs is 2. The van der Waals surface area contributed by atoms with Crippen molar-refractivity contribution in [2.45, 2.75) is 32.3 Å². The van der Waals surface area contributed by atoms with Crippen LogP contribution in [-0.2, 0) is 0 Å². The average Bonchev–Trinajstić information content (AvgIpc) is 3.41. The highest BCUT2D eigenvalue weighted by molar-refractivity contribution is 5.96. The Morgan fingerprint density at radius 1 is 1.12 bits per heavy atom. The number of hydrogen-bond donors (Lipinski definition) is 1. The molecule has 1 saturated heterocycles. The third-order valence-electron chi connectivity index (χ3n) is 6.90. The van der Waals surface area contributed by atoms with Crippen molar-refractivity contribution in [1.82, 2.24) is 29.5 Å². The fourth-order valence-corrected chi connectivity index (χ4v) is 4.89. The molecule has 1 aliphatic heterocycles. The Bertz CT molecular complexity index is 1710. The van der Waals surface area contributed by atoms with Gasteiger partial charge in [0.2, 0.25) is 0 Å². The van der Waals surface area contributed by atoms with Crippen molar-refractivity contribution in [3.63, 3.8) is 0 Å². The predicted molar refractivity (Wildman–Crippen MR) is 150 cm³/mol. The number of aromatic nitrogens is 5. The summed E-state index contributed by atoms with van der Waals surface area (Å²) in [6, 6.07) is 11.3. The van der Waals surface area contributed by atoms with E-state index in [0.717, 1.165) is 11.1 Å². The molecule has 4 aromatic heterocycles. The Kier molecular flexibility index (Phi) is 7.00. The van der Waals surface area contributed by atoms with E-state index in [1.165, 1.54) is 12.5 Å². The minimum Gasteiger partial charge on any atom is -0.478 e. The van der Waals surface area contributed by atoms with Crippen LogP contribution in [0.2, 0.25) is 0 Å². The molecule has 0 amide bonds. The highest BCUT2D eigenvalue weighted by Gasteiger charge is 2.46. The van der Waals surface area contributed by atoms with Gasteiger partial charge in [-0.2, -0.15) is 5.10 Å². The number of anilines is 2. The topological polar surface area (TPSA) is 98.9 Å². The SMILES string of the molecule is CCOc1ncc2ncnc(Nc3ccc(Oc4ccc5ccnn5c4)c(C)c3)c2c1O[C@H]1CCN(C)CC1(F)F. The molecule has 0 unspecified atom stereocenters. The molecular formula is C29H29F2N7O3. The number of rotatable bonds is 8. The number of benzene rings is 1. The Morgan fingerprint density at radius 3 is 2.80 bits per heavy atom. The van der Waals surface area contributed by atoms with E-state index in [1.54, 1.807) is 29.6 Å². The summed E-state index contributed by atoms with van der Waals surface area (Å²) in [7, 11) is 1.67. The van der Waals surface area contributed by atoms with Crippen LogP contribution in [0.25, 0.3) is 16.4 Å². The van der Waals surface area contributed by atoms with E-state index in [-0.39, 0.29) is 24.7 Å². The number of aryl methyl sites for hydroxylation is 1. The maximum Gasteiger partial charge on any atom is 0.296 e. The molecule has 10 nitrogen and oxygen atoms in total. The number of pyridine rings is 2. The lowest BCUT2D eigenvalue weighted by Gasteiger charge is -2.36. The van der Waals surface area contributed by atoms with E-state index in [1.807, 2.05) is 49.5 Å². The summed E-state index contributed by atoms with van der Waals surface area (Å²) in [6.07, 6.45) is 5.24. The zero-order valence-electron chi connectivity index (χ0n) is 22.8. The number of nitrogens with zero attached hydrogens (tertiary/aromatic N) is 6. The Labute approximate surface area is 234 Å². The molecule has 0 spiro atoms. The number of ether oxygens (including phenoxy) is 3. The maximum atomic E-state index is 15.0. The van der Waals surface area contributed by atoms with Crippen molar-refractivity contribution in [1.29, 1.82) is 0 Å². The molecule has 41 heavy (non-hydrogen) atoms. The average molecular weight is 562 g/mol. The van der Waals surface area contributed by atoms with Crippen molar-refractivity contribution in [3.05, 3.63) is 66.9 Å². The van der Waals surface area contributed by atoms with Crippen LogP contribution in [0.15, 0.2) is 61.3 Å². The number of halogens is 2. The van der Waals surface area contributed by atoms with Gasteiger partial charge in [-0.15, -0.1) is 0 Å². The van der Waals surface area contributed by atoms with Gasteiger partial charge < -0.3 is 24.4 Å². The molecule has 1 fully saturated rings. The predicted octanol–water partition coefficient (Wildman–Crippen LogP) is 5.63. The first-order chi connectivity index (χ1) is 19.8. The molecule has 0 aliphatic carbocycles. The number of likely N-dealkylation sites (tertiary alicyclic amines) is 1. The van der Waals surface area contributed by atoms with Gasteiger partial charge in [-0.25, -0.2) is 28.2 Å². The van der Waals surface area contributed by atoms with E-state index in [4.69, 9.17) is 14.2 Å². The minimum atomic E-state index is -3.06. The van der Waals surface area contributed by atoms with Gasteiger partial charge in [0.1, 0.15) is 23.6 Å². The van der Waals surface area contributed by atoms with Crippen LogP contribution in [0.5, 0.6) is 23.1 Å². The van der Waals surface area contributed by atoms with Crippen LogP contribution in [0, 0.1) is 6.92 Å². The fraction of sp³-hybridized carbons (Fsp3) is 0.310. The Hall–Kier alpha value is -4.58. The first-order valence-electron chi connectivity index (χ1n) is 13.3. The lowest BCUT2D eigenvalue weighted by molar-refractivity contribution is -0.135. The third kappa shape index (κ3) is 5.42. The van der Waals surface area contributed by atoms with Gasteiger partial charge in [-0.3, -0.25) is 0 Å². The second kappa shape index (κ2) is 10.8. The molecule has 0 saturated carbocycles. The van der Waals surface area contributed by atoms with Crippen molar-refractivity contribution < 1.29 is 23.0 Å². The second-order valence-electron chi connectivity index (χ2n) is 9.97. The summed E-state index contributed by atoms with van der Waals surface area (Å²) in [6.45, 7) is 4.08. The molecule has 1 aliphatic rings. The molecule has 1 N–H and O–H groups in total. The Balaban J connectivity index is 1.32. The molecule has 1 atom stereocenters. The van der Waals surface area contributed by atoms with Gasteiger partial charge in [-0.05, 0) is 62.9 Å². The summed E-state index contributed by atoms with van der Waals surface area (Å²) in [5, 5.41) is 7.95. The normalized spacial score (nSPS) is 17.0. The fourth-order valence-electron chi connectivity index (χ4n) is 4.89. The zero-order valence-corrected chi connectivity index (χ0v) is 22.8.